The van der Waals surface area contributed by atoms with E-state index < -0.39 is 0 Å². The first-order chi connectivity index (χ1) is 11.6. The topological polar surface area (TPSA) is 72.7 Å². The molecule has 4 rings (SSSR count). The van der Waals surface area contributed by atoms with Crippen molar-refractivity contribution in [1.82, 2.24) is 14.7 Å². The predicted molar refractivity (Wildman–Crippen MR) is 92.9 cm³/mol. The Morgan fingerprint density at radius 3 is 3.17 bits per heavy atom. The normalized spacial score (nSPS) is 17.6. The van der Waals surface area contributed by atoms with Crippen molar-refractivity contribution in [3.63, 3.8) is 0 Å². The molecule has 0 aliphatic carbocycles. The quantitative estimate of drug-likeness (QED) is 0.791. The van der Waals surface area contributed by atoms with E-state index in [1.165, 1.54) is 15.7 Å². The average molecular weight is 343 g/mol. The molecule has 1 aliphatic rings. The molecule has 7 heteroatoms. The SMILES string of the molecule is Cc1ccc2nc3sc(C(=O)NC[C@H]4CCCO4)cc3c(=O)n2c1. The second kappa shape index (κ2) is 5.99. The Morgan fingerprint density at radius 1 is 1.50 bits per heavy atom. The zero-order chi connectivity index (χ0) is 16.7. The molecule has 1 fully saturated rings. The molecule has 124 valence electrons. The number of fused-ring (bicyclic) bond motifs is 2. The lowest BCUT2D eigenvalue weighted by atomic mass is 10.2. The Morgan fingerprint density at radius 2 is 2.38 bits per heavy atom. The van der Waals surface area contributed by atoms with Crippen LogP contribution >= 0.6 is 11.3 Å². The molecule has 3 aromatic rings. The van der Waals surface area contributed by atoms with Crippen LogP contribution in [-0.4, -0.2) is 34.5 Å². The third kappa shape index (κ3) is 2.70. The molecule has 1 atom stereocenters. The molecule has 0 saturated carbocycles. The number of hydrogen-bond donors (Lipinski definition) is 1. The first kappa shape index (κ1) is 15.3. The molecule has 6 nitrogen and oxygen atoms in total. The van der Waals surface area contributed by atoms with Crippen LogP contribution in [0.3, 0.4) is 0 Å². The van der Waals surface area contributed by atoms with Gasteiger partial charge in [-0.15, -0.1) is 11.3 Å². The smallest absolute Gasteiger partial charge is 0.266 e. The Bertz CT molecular complexity index is 986. The lowest BCUT2D eigenvalue weighted by molar-refractivity contribution is 0.0861. The minimum atomic E-state index is -0.182. The van der Waals surface area contributed by atoms with Gasteiger partial charge in [0.15, 0.2) is 0 Å². The molecule has 1 aliphatic heterocycles. The van der Waals surface area contributed by atoms with E-state index in [1.807, 2.05) is 19.1 Å². The number of ether oxygens (including phenoxy) is 1. The highest BCUT2D eigenvalue weighted by Crippen LogP contribution is 2.22. The number of aryl methyl sites for hydroxylation is 1. The van der Waals surface area contributed by atoms with Gasteiger partial charge in [-0.3, -0.25) is 14.0 Å². The van der Waals surface area contributed by atoms with Crippen LogP contribution in [0.1, 0.15) is 28.1 Å². The van der Waals surface area contributed by atoms with Gasteiger partial charge in [0.2, 0.25) is 0 Å². The fourth-order valence-corrected chi connectivity index (χ4v) is 3.86. The number of amides is 1. The van der Waals surface area contributed by atoms with Gasteiger partial charge in [-0.25, -0.2) is 4.98 Å². The number of nitrogens with zero attached hydrogens (tertiary/aromatic N) is 2. The van der Waals surface area contributed by atoms with Crippen LogP contribution in [0.2, 0.25) is 0 Å². The van der Waals surface area contributed by atoms with E-state index in [0.717, 1.165) is 25.0 Å². The van der Waals surface area contributed by atoms with Gasteiger partial charge < -0.3 is 10.1 Å². The maximum Gasteiger partial charge on any atom is 0.266 e. The van der Waals surface area contributed by atoms with Gasteiger partial charge in [-0.2, -0.15) is 0 Å². The van der Waals surface area contributed by atoms with E-state index in [0.29, 0.717) is 27.3 Å². The van der Waals surface area contributed by atoms with Crippen molar-refractivity contribution in [2.45, 2.75) is 25.9 Å². The van der Waals surface area contributed by atoms with Gasteiger partial charge in [0, 0.05) is 19.3 Å². The standard InChI is InChI=1S/C17H17N3O3S/c1-10-4-5-14-19-16-12(17(22)20(14)9-10)7-13(24-16)15(21)18-8-11-3-2-6-23-11/h4-5,7,9,11H,2-3,6,8H2,1H3,(H,18,21)/t11-/m1/s1. The van der Waals surface area contributed by atoms with Crippen LogP contribution < -0.4 is 10.9 Å². The summed E-state index contributed by atoms with van der Waals surface area (Å²) in [6, 6.07) is 5.36. The minimum Gasteiger partial charge on any atom is -0.376 e. The Kier molecular flexibility index (Phi) is 3.82. The summed E-state index contributed by atoms with van der Waals surface area (Å²) in [5, 5.41) is 3.36. The van der Waals surface area contributed by atoms with Crippen LogP contribution in [0.25, 0.3) is 15.9 Å². The maximum atomic E-state index is 12.6. The van der Waals surface area contributed by atoms with Crippen molar-refractivity contribution >= 4 is 33.1 Å². The van der Waals surface area contributed by atoms with Crippen molar-refractivity contribution < 1.29 is 9.53 Å². The van der Waals surface area contributed by atoms with E-state index >= 15 is 0 Å². The lowest BCUT2D eigenvalue weighted by Gasteiger charge is -2.09. The summed E-state index contributed by atoms with van der Waals surface area (Å²) in [6.45, 7) is 3.18. The van der Waals surface area contributed by atoms with Crippen molar-refractivity contribution in [2.75, 3.05) is 13.2 Å². The van der Waals surface area contributed by atoms with Gasteiger partial charge in [0.05, 0.1) is 16.4 Å². The summed E-state index contributed by atoms with van der Waals surface area (Å²) in [7, 11) is 0. The minimum absolute atomic E-state index is 0.0950. The number of pyridine rings is 1. The van der Waals surface area contributed by atoms with Gasteiger partial charge >= 0.3 is 0 Å². The highest BCUT2D eigenvalue weighted by Gasteiger charge is 2.19. The molecule has 4 heterocycles. The molecule has 0 aromatic carbocycles. The Hall–Kier alpha value is -2.25. The van der Waals surface area contributed by atoms with Gasteiger partial charge in [0.25, 0.3) is 11.5 Å². The fraction of sp³-hybridized carbons (Fsp3) is 0.353. The number of carbonyl (C=O) groups excluding carboxylic acids is 1. The van der Waals surface area contributed by atoms with Crippen LogP contribution in [0, 0.1) is 6.92 Å². The molecule has 0 unspecified atom stereocenters. The molecule has 1 amide bonds. The predicted octanol–water partition coefficient (Wildman–Crippen LogP) is 2.13. The van der Waals surface area contributed by atoms with Crippen molar-refractivity contribution in [3.05, 3.63) is 45.2 Å². The maximum absolute atomic E-state index is 12.6. The summed E-state index contributed by atoms with van der Waals surface area (Å²) >= 11 is 1.24. The second-order valence-corrected chi connectivity index (χ2v) is 7.06. The second-order valence-electron chi connectivity index (χ2n) is 6.03. The lowest BCUT2D eigenvalue weighted by Crippen LogP contribution is -2.31. The molecule has 3 aromatic heterocycles. The van der Waals surface area contributed by atoms with Crippen molar-refractivity contribution in [1.29, 1.82) is 0 Å². The number of hydrogen-bond acceptors (Lipinski definition) is 5. The van der Waals surface area contributed by atoms with Crippen LogP contribution in [0.15, 0.2) is 29.2 Å². The monoisotopic (exact) mass is 343 g/mol. The number of aromatic nitrogens is 2. The first-order valence-corrected chi connectivity index (χ1v) is 8.76. The van der Waals surface area contributed by atoms with Crippen LogP contribution in [0.5, 0.6) is 0 Å². The highest BCUT2D eigenvalue weighted by atomic mass is 32.1. The first-order valence-electron chi connectivity index (χ1n) is 7.94. The van der Waals surface area contributed by atoms with E-state index in [2.05, 4.69) is 10.3 Å². The molecular weight excluding hydrogens is 326 g/mol. The largest absolute Gasteiger partial charge is 0.376 e. The van der Waals surface area contributed by atoms with E-state index in [9.17, 15) is 9.59 Å². The summed E-state index contributed by atoms with van der Waals surface area (Å²) in [4.78, 5) is 30.5. The molecule has 1 saturated heterocycles. The van der Waals surface area contributed by atoms with Crippen LogP contribution in [0.4, 0.5) is 0 Å². The summed E-state index contributed by atoms with van der Waals surface area (Å²) in [5.74, 6) is -0.182. The van der Waals surface area contributed by atoms with E-state index in [1.54, 1.807) is 12.3 Å². The van der Waals surface area contributed by atoms with E-state index in [4.69, 9.17) is 4.74 Å². The Balaban J connectivity index is 1.67. The molecule has 0 radical (unpaired) electrons. The number of thiophene rings is 1. The zero-order valence-electron chi connectivity index (χ0n) is 13.2. The fourth-order valence-electron chi connectivity index (χ4n) is 2.92. The van der Waals surface area contributed by atoms with Gasteiger partial charge in [0.1, 0.15) is 10.5 Å². The van der Waals surface area contributed by atoms with E-state index in [-0.39, 0.29) is 17.6 Å². The Labute approximate surface area is 142 Å². The van der Waals surface area contributed by atoms with Crippen molar-refractivity contribution in [2.24, 2.45) is 0 Å². The summed E-state index contributed by atoms with van der Waals surface area (Å²) < 4.78 is 7.03. The molecular formula is C17H17N3O3S. The highest BCUT2D eigenvalue weighted by molar-refractivity contribution is 7.20. The zero-order valence-corrected chi connectivity index (χ0v) is 14.1. The number of rotatable bonds is 3. The summed E-state index contributed by atoms with van der Waals surface area (Å²) in [6.07, 6.45) is 3.87. The van der Waals surface area contributed by atoms with Crippen LogP contribution in [-0.2, 0) is 4.74 Å². The third-order valence-electron chi connectivity index (χ3n) is 4.19. The third-order valence-corrected chi connectivity index (χ3v) is 5.22. The average Bonchev–Trinajstić information content (AvgIpc) is 3.23. The van der Waals surface area contributed by atoms with Crippen molar-refractivity contribution in [3.8, 4) is 0 Å². The van der Waals surface area contributed by atoms with Gasteiger partial charge in [-0.05, 0) is 37.5 Å². The molecule has 24 heavy (non-hydrogen) atoms. The molecule has 1 N–H and O–H groups in total. The number of carbonyl (C=O) groups is 1. The van der Waals surface area contributed by atoms with Gasteiger partial charge in [-0.1, -0.05) is 6.07 Å². The molecule has 0 spiro atoms. The molecule has 0 bridgehead atoms. The number of nitrogens with one attached hydrogen (secondary N) is 1. The summed E-state index contributed by atoms with van der Waals surface area (Å²) in [5.41, 5.74) is 1.43.